The lowest BCUT2D eigenvalue weighted by Gasteiger charge is -2.43. The smallest absolute Gasteiger partial charge is 0.251 e. The topological polar surface area (TPSA) is 78.5 Å². The largest absolute Gasteiger partial charge is 0.325 e. The minimum Gasteiger partial charge on any atom is -0.325 e. The molecule has 0 aromatic heterocycles. The maximum Gasteiger partial charge on any atom is 0.251 e. The van der Waals surface area contributed by atoms with Gasteiger partial charge in [0, 0.05) is 33.6 Å². The fourth-order valence-corrected chi connectivity index (χ4v) is 7.78. The Morgan fingerprint density at radius 3 is 2.44 bits per heavy atom. The van der Waals surface area contributed by atoms with Crippen molar-refractivity contribution in [3.63, 3.8) is 0 Å². The van der Waals surface area contributed by atoms with E-state index in [9.17, 15) is 14.4 Å². The fraction of sp³-hybridized carbons (Fsp3) is 0.250. The zero-order chi connectivity index (χ0) is 24.8. The molecule has 2 spiro atoms. The molecule has 7 rings (SSSR count). The highest BCUT2D eigenvalue weighted by molar-refractivity contribution is 6.34. The number of para-hydroxylation sites is 1. The van der Waals surface area contributed by atoms with Crippen molar-refractivity contribution in [2.24, 2.45) is 5.92 Å². The number of hydrogen-bond donors (Lipinski definition) is 2. The Kier molecular flexibility index (Phi) is 4.54. The third-order valence-electron chi connectivity index (χ3n) is 8.48. The van der Waals surface area contributed by atoms with Crippen LogP contribution in [0.1, 0.15) is 34.3 Å². The van der Waals surface area contributed by atoms with Crippen molar-refractivity contribution in [2.75, 3.05) is 17.2 Å². The molecular formula is C28H21Cl2N3O3. The lowest BCUT2D eigenvalue weighted by molar-refractivity contribution is -0.137. The number of carbonyl (C=O) groups is 3. The molecule has 180 valence electrons. The van der Waals surface area contributed by atoms with E-state index >= 15 is 0 Å². The van der Waals surface area contributed by atoms with Crippen molar-refractivity contribution >= 4 is 52.2 Å². The molecule has 6 nitrogen and oxygen atoms in total. The molecular weight excluding hydrogens is 497 g/mol. The van der Waals surface area contributed by atoms with Crippen LogP contribution in [-0.4, -0.2) is 35.1 Å². The van der Waals surface area contributed by atoms with Gasteiger partial charge in [0.25, 0.3) is 5.91 Å². The van der Waals surface area contributed by atoms with Crippen LogP contribution in [0, 0.1) is 5.92 Å². The molecule has 2 saturated heterocycles. The molecule has 0 saturated carbocycles. The van der Waals surface area contributed by atoms with E-state index in [0.717, 1.165) is 6.42 Å². The van der Waals surface area contributed by atoms with Gasteiger partial charge in [0.05, 0.1) is 10.9 Å². The van der Waals surface area contributed by atoms with E-state index < -0.39 is 16.9 Å². The minimum atomic E-state index is -1.51. The highest BCUT2D eigenvalue weighted by atomic mass is 35.5. The molecule has 3 aromatic rings. The minimum absolute atomic E-state index is 0.232. The van der Waals surface area contributed by atoms with Gasteiger partial charge in [-0.2, -0.15) is 0 Å². The van der Waals surface area contributed by atoms with Crippen LogP contribution in [-0.2, 0) is 20.5 Å². The van der Waals surface area contributed by atoms with E-state index in [1.165, 1.54) is 0 Å². The van der Waals surface area contributed by atoms with E-state index in [2.05, 4.69) is 15.5 Å². The number of nitrogens with one attached hydrogen (secondary N) is 2. The Hall–Kier alpha value is -3.19. The second-order valence-corrected chi connectivity index (χ2v) is 10.7. The number of ketones is 1. The molecule has 2 fully saturated rings. The summed E-state index contributed by atoms with van der Waals surface area (Å²) in [6.07, 6.45) is 1.49. The zero-order valence-corrected chi connectivity index (χ0v) is 20.6. The van der Waals surface area contributed by atoms with Crippen LogP contribution >= 0.6 is 23.2 Å². The Labute approximate surface area is 217 Å². The van der Waals surface area contributed by atoms with E-state index in [4.69, 9.17) is 23.2 Å². The normalized spacial score (nSPS) is 29.8. The molecule has 2 N–H and O–H groups in total. The first kappa shape index (κ1) is 22.0. The third kappa shape index (κ3) is 2.40. The number of amides is 2. The van der Waals surface area contributed by atoms with Gasteiger partial charge in [0.1, 0.15) is 11.0 Å². The second kappa shape index (κ2) is 7.42. The van der Waals surface area contributed by atoms with E-state index in [-0.39, 0.29) is 23.6 Å². The van der Waals surface area contributed by atoms with E-state index in [1.54, 1.807) is 42.5 Å². The molecule has 0 bridgehead atoms. The predicted octanol–water partition coefficient (Wildman–Crippen LogP) is 5.01. The summed E-state index contributed by atoms with van der Waals surface area (Å²) in [5.41, 5.74) is -0.0847. The van der Waals surface area contributed by atoms with Crippen LogP contribution in [0.3, 0.4) is 0 Å². The van der Waals surface area contributed by atoms with Gasteiger partial charge in [-0.3, -0.25) is 19.3 Å². The van der Waals surface area contributed by atoms with Crippen LogP contribution in [0.2, 0.25) is 10.0 Å². The summed E-state index contributed by atoms with van der Waals surface area (Å²) in [5.74, 6) is -1.73. The van der Waals surface area contributed by atoms with E-state index in [1.807, 2.05) is 24.3 Å². The maximum absolute atomic E-state index is 14.5. The molecule has 4 aliphatic heterocycles. The number of anilines is 2. The van der Waals surface area contributed by atoms with Crippen molar-refractivity contribution in [1.29, 1.82) is 0 Å². The average molecular weight is 518 g/mol. The molecule has 0 aliphatic carbocycles. The van der Waals surface area contributed by atoms with Crippen molar-refractivity contribution in [1.82, 2.24) is 4.90 Å². The maximum atomic E-state index is 14.5. The lowest BCUT2D eigenvalue weighted by Crippen LogP contribution is -2.62. The lowest BCUT2D eigenvalue weighted by atomic mass is 9.57. The summed E-state index contributed by atoms with van der Waals surface area (Å²) in [6.45, 7) is 0.577. The molecule has 0 radical (unpaired) electrons. The van der Waals surface area contributed by atoms with Crippen molar-refractivity contribution in [3.8, 4) is 0 Å². The monoisotopic (exact) mass is 517 g/mol. The van der Waals surface area contributed by atoms with Crippen molar-refractivity contribution in [3.05, 3.63) is 93.5 Å². The molecule has 2 amide bonds. The Bertz CT molecular complexity index is 1510. The molecule has 4 atom stereocenters. The van der Waals surface area contributed by atoms with Gasteiger partial charge in [0.2, 0.25) is 5.91 Å². The number of nitrogens with zero attached hydrogens (tertiary/aromatic N) is 1. The van der Waals surface area contributed by atoms with E-state index in [0.29, 0.717) is 51.1 Å². The Balaban J connectivity index is 1.61. The summed E-state index contributed by atoms with van der Waals surface area (Å²) >= 11 is 13.0. The molecule has 3 aromatic carbocycles. The number of carbonyl (C=O) groups excluding carboxylic acids is 3. The highest BCUT2D eigenvalue weighted by Gasteiger charge is 2.81. The first-order valence-corrected chi connectivity index (χ1v) is 12.8. The number of benzene rings is 3. The van der Waals surface area contributed by atoms with Crippen LogP contribution in [0.5, 0.6) is 0 Å². The quantitative estimate of drug-likeness (QED) is 0.468. The van der Waals surface area contributed by atoms with Gasteiger partial charge >= 0.3 is 0 Å². The van der Waals surface area contributed by atoms with Crippen LogP contribution in [0.15, 0.2) is 66.7 Å². The van der Waals surface area contributed by atoms with Crippen LogP contribution < -0.4 is 10.6 Å². The summed E-state index contributed by atoms with van der Waals surface area (Å²) in [7, 11) is 0. The van der Waals surface area contributed by atoms with Gasteiger partial charge in [-0.05, 0) is 61.3 Å². The van der Waals surface area contributed by atoms with Gasteiger partial charge in [-0.1, -0.05) is 53.5 Å². The highest BCUT2D eigenvalue weighted by Crippen LogP contribution is 2.68. The number of halogens is 2. The number of hydrogen-bond acceptors (Lipinski definition) is 4. The summed E-state index contributed by atoms with van der Waals surface area (Å²) in [5, 5.41) is 6.84. The van der Waals surface area contributed by atoms with Gasteiger partial charge in [-0.15, -0.1) is 0 Å². The molecule has 36 heavy (non-hydrogen) atoms. The number of Topliss-reactive ketones (excluding diaryl/α,β-unsaturated/α-hetero) is 1. The standard InChI is InChI=1S/C28H21Cl2N3O3/c29-15-11-12-21-18(14-15)28(26(36)32-21)27(17-7-2-4-9-20(17)31-25(27)35)23(22-10-5-13-33(22)28)24(34)16-6-1-3-8-19(16)30/h1-4,6-9,11-12,14,22-23H,5,10,13H2,(H,31,35)(H,32,36)/t22-,23-,27+,28+/m0/s1. The van der Waals surface area contributed by atoms with Crippen LogP contribution in [0.4, 0.5) is 11.4 Å². The van der Waals surface area contributed by atoms with Crippen molar-refractivity contribution in [2.45, 2.75) is 29.8 Å². The average Bonchev–Trinajstić information content (AvgIpc) is 3.58. The van der Waals surface area contributed by atoms with Crippen LogP contribution in [0.25, 0.3) is 0 Å². The third-order valence-corrected chi connectivity index (χ3v) is 9.04. The Morgan fingerprint density at radius 2 is 1.61 bits per heavy atom. The number of rotatable bonds is 2. The summed E-state index contributed by atoms with van der Waals surface area (Å²) in [4.78, 5) is 45.3. The fourth-order valence-electron chi connectivity index (χ4n) is 7.38. The first-order chi connectivity index (χ1) is 17.4. The second-order valence-electron chi connectivity index (χ2n) is 9.89. The predicted molar refractivity (Wildman–Crippen MR) is 138 cm³/mol. The van der Waals surface area contributed by atoms with Gasteiger partial charge < -0.3 is 10.6 Å². The summed E-state index contributed by atoms with van der Waals surface area (Å²) in [6, 6.07) is 19.2. The first-order valence-electron chi connectivity index (χ1n) is 12.0. The molecule has 4 heterocycles. The van der Waals surface area contributed by atoms with Crippen molar-refractivity contribution < 1.29 is 14.4 Å². The molecule has 8 heteroatoms. The molecule has 4 aliphatic rings. The summed E-state index contributed by atoms with van der Waals surface area (Å²) < 4.78 is 0. The van der Waals surface area contributed by atoms with Gasteiger partial charge in [0.15, 0.2) is 5.78 Å². The number of fused-ring (bicyclic) bond motifs is 7. The molecule has 0 unspecified atom stereocenters. The van der Waals surface area contributed by atoms with Gasteiger partial charge in [-0.25, -0.2) is 0 Å². The zero-order valence-electron chi connectivity index (χ0n) is 19.1. The SMILES string of the molecule is O=C(c1ccccc1Cl)[C@@H]1[C@@H]2CCCN2[C@]2(C(=O)Nc3ccc(Cl)cc32)[C@@]12C(=O)Nc1ccccc12. The Morgan fingerprint density at radius 1 is 0.889 bits per heavy atom.